The molecule has 24 heavy (non-hydrogen) atoms. The Labute approximate surface area is 148 Å². The number of nitrogens with one attached hydrogen (secondary N) is 2. The summed E-state index contributed by atoms with van der Waals surface area (Å²) < 4.78 is 31.8. The van der Waals surface area contributed by atoms with E-state index in [0.29, 0.717) is 16.3 Å². The Morgan fingerprint density at radius 2 is 2.00 bits per heavy atom. The highest BCUT2D eigenvalue weighted by Gasteiger charge is 2.19. The van der Waals surface area contributed by atoms with Crippen molar-refractivity contribution < 1.29 is 17.9 Å². The summed E-state index contributed by atoms with van der Waals surface area (Å²) in [4.78, 5) is 11.9. The zero-order chi connectivity index (χ0) is 17.6. The van der Waals surface area contributed by atoms with Crippen LogP contribution >= 0.6 is 11.6 Å². The first-order valence-electron chi connectivity index (χ1n) is 7.99. The average molecular weight is 375 g/mol. The van der Waals surface area contributed by atoms with E-state index in [4.69, 9.17) is 16.3 Å². The predicted octanol–water partition coefficient (Wildman–Crippen LogP) is 2.22. The summed E-state index contributed by atoms with van der Waals surface area (Å²) in [7, 11) is -2.21. The number of carbonyl (C=O) groups is 1. The zero-order valence-corrected chi connectivity index (χ0v) is 15.3. The van der Waals surface area contributed by atoms with Crippen LogP contribution < -0.4 is 14.8 Å². The lowest BCUT2D eigenvalue weighted by molar-refractivity contribution is -0.120. The molecule has 0 bridgehead atoms. The topological polar surface area (TPSA) is 84.5 Å². The van der Waals surface area contributed by atoms with Crippen molar-refractivity contribution in [2.75, 3.05) is 13.7 Å². The van der Waals surface area contributed by atoms with E-state index in [9.17, 15) is 13.2 Å². The first kappa shape index (κ1) is 19.0. The molecule has 1 aliphatic carbocycles. The number of amides is 1. The van der Waals surface area contributed by atoms with Gasteiger partial charge in [-0.15, -0.1) is 0 Å². The average Bonchev–Trinajstić information content (AvgIpc) is 2.54. The Hall–Kier alpha value is -1.31. The Bertz CT molecular complexity index is 673. The summed E-state index contributed by atoms with van der Waals surface area (Å²) >= 11 is 5.90. The van der Waals surface area contributed by atoms with Crippen LogP contribution in [-0.2, 0) is 20.6 Å². The molecule has 2 rings (SSSR count). The van der Waals surface area contributed by atoms with Gasteiger partial charge in [-0.05, 0) is 31.0 Å². The lowest BCUT2D eigenvalue weighted by Gasteiger charge is -2.22. The SMILES string of the molecule is COc1ccc(Cl)cc1CS(=O)(=O)NCC(=O)NC1CCCCC1. The fourth-order valence-electron chi connectivity index (χ4n) is 2.82. The largest absolute Gasteiger partial charge is 0.496 e. The molecule has 2 N–H and O–H groups in total. The van der Waals surface area contributed by atoms with Gasteiger partial charge >= 0.3 is 0 Å². The van der Waals surface area contributed by atoms with Gasteiger partial charge in [0.25, 0.3) is 0 Å². The van der Waals surface area contributed by atoms with Crippen LogP contribution in [0.1, 0.15) is 37.7 Å². The van der Waals surface area contributed by atoms with Gasteiger partial charge in [-0.2, -0.15) is 0 Å². The fourth-order valence-corrected chi connectivity index (χ4v) is 4.10. The van der Waals surface area contributed by atoms with Gasteiger partial charge in [-0.25, -0.2) is 13.1 Å². The van der Waals surface area contributed by atoms with Crippen molar-refractivity contribution in [2.24, 2.45) is 0 Å². The summed E-state index contributed by atoms with van der Waals surface area (Å²) in [5, 5.41) is 3.30. The standard InChI is InChI=1S/C16H23ClN2O4S/c1-23-15-8-7-13(17)9-12(15)11-24(21,22)18-10-16(20)19-14-5-3-2-4-6-14/h7-9,14,18H,2-6,10-11H2,1H3,(H,19,20). The molecule has 0 radical (unpaired) electrons. The van der Waals surface area contributed by atoms with Gasteiger partial charge in [0.1, 0.15) is 5.75 Å². The highest BCUT2D eigenvalue weighted by atomic mass is 35.5. The lowest BCUT2D eigenvalue weighted by Crippen LogP contribution is -2.42. The molecule has 0 aliphatic heterocycles. The monoisotopic (exact) mass is 374 g/mol. The minimum atomic E-state index is -3.67. The predicted molar refractivity (Wildman–Crippen MR) is 93.6 cm³/mol. The summed E-state index contributed by atoms with van der Waals surface area (Å²) in [6, 6.07) is 4.94. The van der Waals surface area contributed by atoms with Gasteiger partial charge in [0.15, 0.2) is 0 Å². The first-order chi connectivity index (χ1) is 11.4. The van der Waals surface area contributed by atoms with E-state index < -0.39 is 10.0 Å². The van der Waals surface area contributed by atoms with Crippen molar-refractivity contribution in [2.45, 2.75) is 43.9 Å². The number of hydrogen-bond acceptors (Lipinski definition) is 4. The molecule has 0 spiro atoms. The molecule has 8 heteroatoms. The molecule has 0 unspecified atom stereocenters. The van der Waals surface area contributed by atoms with E-state index in [2.05, 4.69) is 10.0 Å². The normalized spacial score (nSPS) is 15.9. The quantitative estimate of drug-likeness (QED) is 0.766. The Morgan fingerprint density at radius 3 is 2.67 bits per heavy atom. The Kier molecular flexibility index (Phi) is 6.89. The maximum absolute atomic E-state index is 12.2. The van der Waals surface area contributed by atoms with E-state index >= 15 is 0 Å². The molecule has 0 atom stereocenters. The van der Waals surface area contributed by atoms with Crippen LogP contribution in [0.4, 0.5) is 0 Å². The molecule has 134 valence electrons. The van der Waals surface area contributed by atoms with Crippen molar-refractivity contribution in [1.82, 2.24) is 10.0 Å². The van der Waals surface area contributed by atoms with E-state index in [0.717, 1.165) is 25.7 Å². The van der Waals surface area contributed by atoms with E-state index in [1.807, 2.05) is 0 Å². The first-order valence-corrected chi connectivity index (χ1v) is 10.0. The number of sulfonamides is 1. The van der Waals surface area contributed by atoms with Crippen molar-refractivity contribution >= 4 is 27.5 Å². The smallest absolute Gasteiger partial charge is 0.235 e. The third-order valence-electron chi connectivity index (χ3n) is 4.01. The molecule has 1 amide bonds. The summed E-state index contributed by atoms with van der Waals surface area (Å²) in [6.07, 6.45) is 5.31. The van der Waals surface area contributed by atoms with Crippen LogP contribution in [0.2, 0.25) is 5.02 Å². The molecular weight excluding hydrogens is 352 g/mol. The van der Waals surface area contributed by atoms with Crippen LogP contribution in [0.25, 0.3) is 0 Å². The number of methoxy groups -OCH3 is 1. The van der Waals surface area contributed by atoms with Gasteiger partial charge in [0.2, 0.25) is 15.9 Å². The number of carbonyl (C=O) groups excluding carboxylic acids is 1. The molecule has 1 aromatic rings. The van der Waals surface area contributed by atoms with Gasteiger partial charge in [0.05, 0.1) is 19.4 Å². The van der Waals surface area contributed by atoms with Crippen LogP contribution in [0.5, 0.6) is 5.75 Å². The fraction of sp³-hybridized carbons (Fsp3) is 0.562. The second-order valence-electron chi connectivity index (χ2n) is 5.94. The molecule has 1 aromatic carbocycles. The maximum Gasteiger partial charge on any atom is 0.235 e. The van der Waals surface area contributed by atoms with E-state index in [-0.39, 0.29) is 24.2 Å². The number of halogens is 1. The van der Waals surface area contributed by atoms with E-state index in [1.54, 1.807) is 18.2 Å². The Balaban J connectivity index is 1.89. The molecule has 0 aromatic heterocycles. The number of benzene rings is 1. The minimum Gasteiger partial charge on any atom is -0.496 e. The number of rotatable bonds is 7. The Morgan fingerprint density at radius 1 is 1.29 bits per heavy atom. The van der Waals surface area contributed by atoms with Crippen molar-refractivity contribution in [3.8, 4) is 5.75 Å². The van der Waals surface area contributed by atoms with Gasteiger partial charge in [-0.3, -0.25) is 4.79 Å². The van der Waals surface area contributed by atoms with Crippen molar-refractivity contribution in [3.05, 3.63) is 28.8 Å². The maximum atomic E-state index is 12.2. The zero-order valence-electron chi connectivity index (χ0n) is 13.7. The molecule has 6 nitrogen and oxygen atoms in total. The van der Waals surface area contributed by atoms with Crippen LogP contribution in [-0.4, -0.2) is 34.0 Å². The van der Waals surface area contributed by atoms with Crippen LogP contribution in [0.15, 0.2) is 18.2 Å². The summed E-state index contributed by atoms with van der Waals surface area (Å²) in [5.74, 6) is -0.159. The molecule has 0 heterocycles. The summed E-state index contributed by atoms with van der Waals surface area (Å²) in [6.45, 7) is -0.262. The third kappa shape index (κ3) is 5.96. The minimum absolute atomic E-state index is 0.156. The molecule has 1 fully saturated rings. The molecule has 0 saturated heterocycles. The van der Waals surface area contributed by atoms with Crippen LogP contribution in [0, 0.1) is 0 Å². The highest BCUT2D eigenvalue weighted by Crippen LogP contribution is 2.24. The summed E-state index contributed by atoms with van der Waals surface area (Å²) in [5.41, 5.74) is 0.449. The lowest BCUT2D eigenvalue weighted by atomic mass is 9.95. The number of ether oxygens (including phenoxy) is 1. The highest BCUT2D eigenvalue weighted by molar-refractivity contribution is 7.88. The van der Waals surface area contributed by atoms with Crippen molar-refractivity contribution in [3.63, 3.8) is 0 Å². The van der Waals surface area contributed by atoms with E-state index in [1.165, 1.54) is 13.5 Å². The number of hydrogen-bond donors (Lipinski definition) is 2. The van der Waals surface area contributed by atoms with Gasteiger partial charge in [0, 0.05) is 16.6 Å². The van der Waals surface area contributed by atoms with Crippen LogP contribution in [0.3, 0.4) is 0 Å². The second-order valence-corrected chi connectivity index (χ2v) is 8.18. The van der Waals surface area contributed by atoms with Crippen molar-refractivity contribution in [1.29, 1.82) is 0 Å². The van der Waals surface area contributed by atoms with Gasteiger partial charge in [-0.1, -0.05) is 30.9 Å². The molecular formula is C16H23ClN2O4S. The molecule has 1 saturated carbocycles. The second kappa shape index (κ2) is 8.69. The molecule has 1 aliphatic rings. The van der Waals surface area contributed by atoms with Gasteiger partial charge < -0.3 is 10.1 Å². The third-order valence-corrected chi connectivity index (χ3v) is 5.52.